The quantitative estimate of drug-likeness (QED) is 0.0223. The highest BCUT2D eigenvalue weighted by Gasteiger charge is 2.36. The maximum atomic E-state index is 14.4. The molecule has 1 aromatic heterocycles. The second-order valence-electron chi connectivity index (χ2n) is 20.0. The molecule has 3 aliphatic rings. The number of alkyl halides is 1. The van der Waals surface area contributed by atoms with Crippen molar-refractivity contribution in [1.29, 1.82) is 0 Å². The van der Waals surface area contributed by atoms with Crippen LogP contribution in [0.1, 0.15) is 83.7 Å². The Morgan fingerprint density at radius 3 is 2.14 bits per heavy atom. The fourth-order valence-electron chi connectivity index (χ4n) is 10.0. The van der Waals surface area contributed by atoms with E-state index in [1.54, 1.807) is 64.4 Å². The van der Waals surface area contributed by atoms with Gasteiger partial charge in [-0.1, -0.05) is 30.7 Å². The van der Waals surface area contributed by atoms with Crippen molar-refractivity contribution >= 4 is 97.8 Å². The van der Waals surface area contributed by atoms with E-state index in [9.17, 15) is 38.4 Å². The van der Waals surface area contributed by atoms with Crippen molar-refractivity contribution < 1.29 is 43.1 Å². The van der Waals surface area contributed by atoms with E-state index in [-0.39, 0.29) is 55.6 Å². The molecule has 8 amide bonds. The number of hydrogen-bond acceptors (Lipinski definition) is 13. The van der Waals surface area contributed by atoms with Gasteiger partial charge >= 0.3 is 6.09 Å². The topological polar surface area (TPSA) is 287 Å². The molecular weight excluding hydrogens is 1030 g/mol. The number of carbonyl (C=O) groups excluding carboxylic acids is 8. The van der Waals surface area contributed by atoms with Crippen molar-refractivity contribution in [2.75, 3.05) is 93.9 Å². The second kappa shape index (κ2) is 27.3. The number of unbranched alkanes of at least 4 members (excludes halogenated alkanes) is 2. The van der Waals surface area contributed by atoms with Crippen LogP contribution in [0.25, 0.3) is 21.7 Å². The molecule has 0 saturated carbocycles. The van der Waals surface area contributed by atoms with Gasteiger partial charge in [-0.3, -0.25) is 38.5 Å². The van der Waals surface area contributed by atoms with Gasteiger partial charge in [-0.15, -0.1) is 11.6 Å². The van der Waals surface area contributed by atoms with Crippen LogP contribution in [0, 0.1) is 0 Å². The third kappa shape index (κ3) is 14.5. The van der Waals surface area contributed by atoms with Gasteiger partial charge in [0.15, 0.2) is 0 Å². The predicted molar refractivity (Wildman–Crippen MR) is 303 cm³/mol. The van der Waals surface area contributed by atoms with Crippen molar-refractivity contribution in [2.45, 2.75) is 69.4 Å². The Kier molecular flexibility index (Phi) is 19.8. The molecule has 22 heteroatoms. The minimum atomic E-state index is -0.907. The number of piperazine rings is 1. The molecule has 1 fully saturated rings. The lowest BCUT2D eigenvalue weighted by Gasteiger charge is -2.31. The number of halogens is 1. The Balaban J connectivity index is 0.867. The van der Waals surface area contributed by atoms with E-state index in [4.69, 9.17) is 27.8 Å². The molecule has 21 nitrogen and oxygen atoms in total. The maximum absolute atomic E-state index is 14.4. The fourth-order valence-corrected chi connectivity index (χ4v) is 10.3. The number of aromatic amines is 1. The first-order chi connectivity index (χ1) is 38.2. The Morgan fingerprint density at radius 2 is 1.44 bits per heavy atom. The molecule has 79 heavy (non-hydrogen) atoms. The van der Waals surface area contributed by atoms with Crippen LogP contribution in [0.5, 0.6) is 5.75 Å². The lowest BCUT2D eigenvalue weighted by atomic mass is 9.95. The fraction of sp³-hybridized carbons (Fsp3) is 0.404. The van der Waals surface area contributed by atoms with E-state index in [1.807, 2.05) is 31.3 Å². The minimum Gasteiger partial charge on any atom is -0.409 e. The third-order valence-corrected chi connectivity index (χ3v) is 14.8. The zero-order chi connectivity index (χ0) is 56.0. The normalized spacial score (nSPS) is 16.1. The van der Waals surface area contributed by atoms with E-state index >= 15 is 0 Å². The number of ether oxygens (including phenoxy) is 1. The predicted octanol–water partition coefficient (Wildman–Crippen LogP) is 4.76. The van der Waals surface area contributed by atoms with Crippen LogP contribution in [-0.4, -0.2) is 158 Å². The number of nitrogens with zero attached hydrogens (tertiary/aromatic N) is 4. The van der Waals surface area contributed by atoms with Gasteiger partial charge in [0.1, 0.15) is 17.5 Å². The van der Waals surface area contributed by atoms with Gasteiger partial charge in [-0.2, -0.15) is 0 Å². The Morgan fingerprint density at radius 1 is 0.759 bits per heavy atom. The van der Waals surface area contributed by atoms with Crippen LogP contribution >= 0.6 is 11.6 Å². The van der Waals surface area contributed by atoms with Crippen molar-refractivity contribution in [2.24, 2.45) is 11.5 Å². The Hall–Kier alpha value is -7.69. The minimum absolute atomic E-state index is 0.111. The molecule has 1 saturated heterocycles. The van der Waals surface area contributed by atoms with Gasteiger partial charge in [0.2, 0.25) is 17.7 Å². The maximum Gasteiger partial charge on any atom is 0.415 e. The molecule has 3 aliphatic heterocycles. The molecule has 8 rings (SSSR count). The van der Waals surface area contributed by atoms with Gasteiger partial charge in [-0.05, 0) is 118 Å². The SMILES string of the molecule is CN1CCN(C(=O)Oc2cc3c(c4ccccc24)[C@H](CCl)CN3C(=O)c2cc3cc(NC(=O)c4ccc(NC(=O)[C@H](CCCCN)NC(=O)[C@H](CCCCN)NCCNC(=O)CCCN5C(=O)C=CC5=O)cc4)ccc3[nH]2)CC1. The summed E-state index contributed by atoms with van der Waals surface area (Å²) in [5.41, 5.74) is 15.2. The van der Waals surface area contributed by atoms with Crippen molar-refractivity contribution in [3.05, 3.63) is 108 Å². The van der Waals surface area contributed by atoms with Crippen LogP contribution < -0.4 is 47.7 Å². The van der Waals surface area contributed by atoms with Crippen LogP contribution in [0.2, 0.25) is 0 Å². The number of likely N-dealkylation sites (N-methyl/N-ethyl adjacent to an activating group) is 1. The molecule has 4 aromatic carbocycles. The first-order valence-electron chi connectivity index (χ1n) is 26.9. The third-order valence-electron chi connectivity index (χ3n) is 14.4. The summed E-state index contributed by atoms with van der Waals surface area (Å²) in [5, 5.41) is 17.0. The van der Waals surface area contributed by atoms with Gasteiger partial charge in [0.25, 0.3) is 23.6 Å². The average molecular weight is 1100 g/mol. The first kappa shape index (κ1) is 57.5. The smallest absolute Gasteiger partial charge is 0.409 e. The van der Waals surface area contributed by atoms with E-state index in [2.05, 4.69) is 36.5 Å². The summed E-state index contributed by atoms with van der Waals surface area (Å²) < 4.78 is 6.06. The number of imide groups is 1. The molecule has 3 atom stereocenters. The number of amides is 8. The molecule has 0 spiro atoms. The summed E-state index contributed by atoms with van der Waals surface area (Å²) in [6.45, 7) is 4.37. The molecule has 418 valence electrons. The standard InChI is InChI=1S/C57H69ClN12O9/c1-67-27-29-68(30-28-67)57(78)79-48-33-47-52(42-10-3-2-9-41(42)48)38(34-58)35-70(47)56(77)46-32-37-31-40(18-19-43(37)65-46)64-53(74)36-14-16-39(17-15-36)63-55(76)45(12-5-7-23-60)66-54(75)44(11-4-6-22-59)61-24-25-62-49(71)13-8-26-69-50(72)20-21-51(69)73/h2-3,9-10,14-21,31-33,38,44-45,61,65H,4-8,11-13,22-30,34-35,59-60H2,1H3,(H,62,71)(H,63,76)(H,64,74)(H,66,75)/t38-,44+,45+/m1/s1. The zero-order valence-electron chi connectivity index (χ0n) is 44.3. The largest absolute Gasteiger partial charge is 0.415 e. The number of rotatable bonds is 25. The number of benzene rings is 4. The van der Waals surface area contributed by atoms with E-state index in [1.165, 1.54) is 12.2 Å². The van der Waals surface area contributed by atoms with Crippen LogP contribution in [0.4, 0.5) is 21.9 Å². The second-order valence-corrected chi connectivity index (χ2v) is 20.3. The van der Waals surface area contributed by atoms with E-state index < -0.39 is 41.8 Å². The molecule has 0 aliphatic carbocycles. The van der Waals surface area contributed by atoms with E-state index in [0.717, 1.165) is 34.3 Å². The molecular formula is C57H69ClN12O9. The van der Waals surface area contributed by atoms with Crippen molar-refractivity contribution in [3.63, 3.8) is 0 Å². The first-order valence-corrected chi connectivity index (χ1v) is 27.5. The monoisotopic (exact) mass is 1100 g/mol. The highest BCUT2D eigenvalue weighted by Crippen LogP contribution is 2.46. The van der Waals surface area contributed by atoms with Crippen LogP contribution in [0.3, 0.4) is 0 Å². The average Bonchev–Trinajstić information content (AvgIpc) is 4.38. The van der Waals surface area contributed by atoms with E-state index in [0.29, 0.717) is 123 Å². The molecule has 0 bridgehead atoms. The molecule has 0 radical (unpaired) electrons. The lowest BCUT2D eigenvalue weighted by Crippen LogP contribution is -2.52. The van der Waals surface area contributed by atoms with Crippen LogP contribution in [0.15, 0.2) is 91.0 Å². The van der Waals surface area contributed by atoms with Crippen molar-refractivity contribution in [3.8, 4) is 5.75 Å². The van der Waals surface area contributed by atoms with Gasteiger partial charge in [0.05, 0.1) is 11.7 Å². The Bertz CT molecular complexity index is 3070. The van der Waals surface area contributed by atoms with Gasteiger partial charge in [0, 0.05) is 122 Å². The molecule has 10 N–H and O–H groups in total. The van der Waals surface area contributed by atoms with Crippen LogP contribution in [-0.2, 0) is 24.0 Å². The van der Waals surface area contributed by atoms with Gasteiger partial charge in [-0.25, -0.2) is 4.79 Å². The molecule has 4 heterocycles. The summed E-state index contributed by atoms with van der Waals surface area (Å²) >= 11 is 6.57. The summed E-state index contributed by atoms with van der Waals surface area (Å²) in [6, 6.07) is 21.2. The molecule has 0 unspecified atom stereocenters. The number of nitrogens with one attached hydrogen (secondary N) is 6. The zero-order valence-corrected chi connectivity index (χ0v) is 45.1. The number of fused-ring (bicyclic) bond motifs is 4. The number of aromatic nitrogens is 1. The summed E-state index contributed by atoms with van der Waals surface area (Å²) in [7, 11) is 2.01. The summed E-state index contributed by atoms with van der Waals surface area (Å²) in [4.78, 5) is 115. The summed E-state index contributed by atoms with van der Waals surface area (Å²) in [5.74, 6) is -2.14. The van der Waals surface area contributed by atoms with Gasteiger partial charge < -0.3 is 62.5 Å². The number of H-pyrrole nitrogens is 1. The Labute approximate surface area is 463 Å². The van der Waals surface area contributed by atoms with Crippen molar-refractivity contribution in [1.82, 2.24) is 35.6 Å². The highest BCUT2D eigenvalue weighted by molar-refractivity contribution is 6.19. The lowest BCUT2D eigenvalue weighted by molar-refractivity contribution is -0.137. The number of hydrogen-bond donors (Lipinski definition) is 8. The number of carbonyl (C=O) groups is 8. The molecule has 5 aromatic rings. The number of anilines is 3. The summed E-state index contributed by atoms with van der Waals surface area (Å²) in [6.07, 6.45) is 5.68. The number of nitrogens with two attached hydrogens (primary N) is 2. The highest BCUT2D eigenvalue weighted by atomic mass is 35.5.